The molecule has 17 heavy (non-hydrogen) atoms. The van der Waals surface area contributed by atoms with Gasteiger partial charge in [-0.3, -0.25) is 4.79 Å². The van der Waals surface area contributed by atoms with E-state index >= 15 is 0 Å². The lowest BCUT2D eigenvalue weighted by atomic mass is 10.2. The molecule has 0 aliphatic rings. The van der Waals surface area contributed by atoms with Crippen LogP contribution in [0.5, 0.6) is 0 Å². The van der Waals surface area contributed by atoms with Crippen molar-refractivity contribution < 1.29 is 9.21 Å². The van der Waals surface area contributed by atoms with Crippen molar-refractivity contribution in [2.24, 2.45) is 0 Å². The second-order valence-electron chi connectivity index (χ2n) is 3.97. The molecule has 0 saturated carbocycles. The lowest BCUT2D eigenvalue weighted by molar-refractivity contribution is 0.102. The van der Waals surface area contributed by atoms with Gasteiger partial charge in [-0.25, -0.2) is 0 Å². The number of hydrogen-bond acceptors (Lipinski definition) is 3. The third kappa shape index (κ3) is 2.47. The molecule has 0 bridgehead atoms. The maximum atomic E-state index is 11.8. The smallest absolute Gasteiger partial charge is 0.258 e. The summed E-state index contributed by atoms with van der Waals surface area (Å²) in [4.78, 5) is 11.8. The van der Waals surface area contributed by atoms with Crippen LogP contribution in [0.1, 0.15) is 21.7 Å². The molecule has 0 aliphatic heterocycles. The van der Waals surface area contributed by atoms with Crippen LogP contribution in [-0.2, 0) is 0 Å². The van der Waals surface area contributed by atoms with Crippen molar-refractivity contribution >= 4 is 17.3 Å². The fourth-order valence-corrected chi connectivity index (χ4v) is 1.48. The third-order valence-corrected chi connectivity index (χ3v) is 2.53. The molecule has 1 aromatic carbocycles. The van der Waals surface area contributed by atoms with Gasteiger partial charge in [0.05, 0.1) is 5.56 Å². The zero-order valence-corrected chi connectivity index (χ0v) is 9.78. The molecule has 0 atom stereocenters. The monoisotopic (exact) mass is 230 g/mol. The fraction of sp³-hybridized carbons (Fsp3) is 0.154. The van der Waals surface area contributed by atoms with Crippen molar-refractivity contribution in [3.63, 3.8) is 0 Å². The Bertz CT molecular complexity index is 558. The SMILES string of the molecule is Cc1cc(C(=O)Nc2ccc(C)c(N)c2)co1. The Hall–Kier alpha value is -2.23. The molecule has 4 nitrogen and oxygen atoms in total. The van der Waals surface area contributed by atoms with Gasteiger partial charge in [0, 0.05) is 11.4 Å². The molecule has 2 rings (SSSR count). The number of benzene rings is 1. The average Bonchev–Trinajstić information content (AvgIpc) is 2.70. The lowest BCUT2D eigenvalue weighted by Crippen LogP contribution is -2.11. The maximum Gasteiger partial charge on any atom is 0.258 e. The van der Waals surface area contributed by atoms with Crippen molar-refractivity contribution in [2.45, 2.75) is 13.8 Å². The summed E-state index contributed by atoms with van der Waals surface area (Å²) >= 11 is 0. The first-order chi connectivity index (χ1) is 8.06. The van der Waals surface area contributed by atoms with E-state index in [1.54, 1.807) is 19.1 Å². The lowest BCUT2D eigenvalue weighted by Gasteiger charge is -2.06. The highest BCUT2D eigenvalue weighted by molar-refractivity contribution is 6.04. The molecule has 0 aliphatic carbocycles. The minimum atomic E-state index is -0.204. The number of carbonyl (C=O) groups is 1. The van der Waals surface area contributed by atoms with Gasteiger partial charge in [-0.1, -0.05) is 6.07 Å². The van der Waals surface area contributed by atoms with E-state index in [-0.39, 0.29) is 5.91 Å². The van der Waals surface area contributed by atoms with Crippen molar-refractivity contribution in [3.05, 3.63) is 47.4 Å². The van der Waals surface area contributed by atoms with E-state index in [0.717, 1.165) is 5.56 Å². The van der Waals surface area contributed by atoms with E-state index < -0.39 is 0 Å². The largest absolute Gasteiger partial charge is 0.469 e. The third-order valence-electron chi connectivity index (χ3n) is 2.53. The zero-order valence-electron chi connectivity index (χ0n) is 9.78. The number of nitrogen functional groups attached to an aromatic ring is 1. The number of carbonyl (C=O) groups excluding carboxylic acids is 1. The van der Waals surface area contributed by atoms with Crippen LogP contribution in [0.2, 0.25) is 0 Å². The summed E-state index contributed by atoms with van der Waals surface area (Å²) in [5.74, 6) is 0.503. The molecule has 4 heteroatoms. The fourth-order valence-electron chi connectivity index (χ4n) is 1.48. The highest BCUT2D eigenvalue weighted by atomic mass is 16.3. The Kier molecular flexibility index (Phi) is 2.87. The van der Waals surface area contributed by atoms with E-state index in [4.69, 9.17) is 10.2 Å². The van der Waals surface area contributed by atoms with Crippen molar-refractivity contribution in [2.75, 3.05) is 11.1 Å². The molecule has 1 heterocycles. The predicted octanol–water partition coefficient (Wildman–Crippen LogP) is 2.73. The molecule has 0 fully saturated rings. The number of amides is 1. The van der Waals surface area contributed by atoms with Gasteiger partial charge in [-0.05, 0) is 37.6 Å². The Morgan fingerprint density at radius 2 is 2.06 bits per heavy atom. The summed E-state index contributed by atoms with van der Waals surface area (Å²) in [5, 5.41) is 2.76. The van der Waals surface area contributed by atoms with Gasteiger partial charge in [-0.15, -0.1) is 0 Å². The maximum absolute atomic E-state index is 11.8. The molecule has 0 unspecified atom stereocenters. The number of nitrogens with two attached hydrogens (primary N) is 1. The standard InChI is InChI=1S/C13H14N2O2/c1-8-3-4-11(6-12(8)14)15-13(16)10-5-9(2)17-7-10/h3-7H,14H2,1-2H3,(H,15,16). The molecule has 0 spiro atoms. The Morgan fingerprint density at radius 3 is 2.65 bits per heavy atom. The van der Waals surface area contributed by atoms with Gasteiger partial charge in [0.15, 0.2) is 0 Å². The summed E-state index contributed by atoms with van der Waals surface area (Å²) in [7, 11) is 0. The Balaban J connectivity index is 2.15. The van der Waals surface area contributed by atoms with Gasteiger partial charge >= 0.3 is 0 Å². The van der Waals surface area contributed by atoms with Crippen LogP contribution in [-0.4, -0.2) is 5.91 Å². The van der Waals surface area contributed by atoms with E-state index in [9.17, 15) is 4.79 Å². The first-order valence-electron chi connectivity index (χ1n) is 5.29. The summed E-state index contributed by atoms with van der Waals surface area (Å²) < 4.78 is 5.08. The Labute approximate surface area is 99.4 Å². The minimum Gasteiger partial charge on any atom is -0.469 e. The normalized spacial score (nSPS) is 10.2. The van der Waals surface area contributed by atoms with Crippen molar-refractivity contribution in [1.82, 2.24) is 0 Å². The zero-order chi connectivity index (χ0) is 12.4. The predicted molar refractivity (Wildman–Crippen MR) is 67.0 cm³/mol. The van der Waals surface area contributed by atoms with Gasteiger partial charge in [-0.2, -0.15) is 0 Å². The Morgan fingerprint density at radius 1 is 1.29 bits per heavy atom. The van der Waals surface area contributed by atoms with Crippen LogP contribution in [0, 0.1) is 13.8 Å². The molecule has 3 N–H and O–H groups in total. The molecular weight excluding hydrogens is 216 g/mol. The first-order valence-corrected chi connectivity index (χ1v) is 5.29. The van der Waals surface area contributed by atoms with E-state index in [1.165, 1.54) is 6.26 Å². The molecular formula is C13H14N2O2. The second-order valence-corrected chi connectivity index (χ2v) is 3.97. The van der Waals surface area contributed by atoms with E-state index in [0.29, 0.717) is 22.7 Å². The number of nitrogens with one attached hydrogen (secondary N) is 1. The topological polar surface area (TPSA) is 68.3 Å². The summed E-state index contributed by atoms with van der Waals surface area (Å²) in [6.07, 6.45) is 1.43. The van der Waals surface area contributed by atoms with Gasteiger partial charge in [0.2, 0.25) is 0 Å². The minimum absolute atomic E-state index is 0.204. The molecule has 1 amide bonds. The highest BCUT2D eigenvalue weighted by Gasteiger charge is 2.09. The van der Waals surface area contributed by atoms with Gasteiger partial charge < -0.3 is 15.5 Å². The average molecular weight is 230 g/mol. The molecule has 2 aromatic rings. The van der Waals surface area contributed by atoms with Gasteiger partial charge in [0.1, 0.15) is 12.0 Å². The van der Waals surface area contributed by atoms with Crippen molar-refractivity contribution in [3.8, 4) is 0 Å². The molecule has 0 saturated heterocycles. The molecule has 88 valence electrons. The van der Waals surface area contributed by atoms with Crippen LogP contribution in [0.3, 0.4) is 0 Å². The number of anilines is 2. The summed E-state index contributed by atoms with van der Waals surface area (Å²) in [6, 6.07) is 7.11. The van der Waals surface area contributed by atoms with Crippen LogP contribution in [0.4, 0.5) is 11.4 Å². The van der Waals surface area contributed by atoms with Crippen molar-refractivity contribution in [1.29, 1.82) is 0 Å². The molecule has 1 aromatic heterocycles. The van der Waals surface area contributed by atoms with Gasteiger partial charge in [0.25, 0.3) is 5.91 Å². The second kappa shape index (κ2) is 4.33. The van der Waals surface area contributed by atoms with Crippen LogP contribution in [0.25, 0.3) is 0 Å². The first kappa shape index (κ1) is 11.3. The van der Waals surface area contributed by atoms with Crippen LogP contribution in [0.15, 0.2) is 34.9 Å². The number of rotatable bonds is 2. The van der Waals surface area contributed by atoms with E-state index in [2.05, 4.69) is 5.32 Å². The summed E-state index contributed by atoms with van der Waals surface area (Å²) in [5.41, 5.74) is 8.60. The molecule has 0 radical (unpaired) electrons. The summed E-state index contributed by atoms with van der Waals surface area (Å²) in [6.45, 7) is 3.71. The van der Waals surface area contributed by atoms with E-state index in [1.807, 2.05) is 19.1 Å². The number of hydrogen-bond donors (Lipinski definition) is 2. The number of aryl methyl sites for hydroxylation is 2. The number of furan rings is 1. The highest BCUT2D eigenvalue weighted by Crippen LogP contribution is 2.18. The quantitative estimate of drug-likeness (QED) is 0.779. The van der Waals surface area contributed by atoms with Crippen LogP contribution >= 0.6 is 0 Å². The van der Waals surface area contributed by atoms with Crippen LogP contribution < -0.4 is 11.1 Å².